The van der Waals surface area contributed by atoms with Gasteiger partial charge in [-0.05, 0) is 68.5 Å². The summed E-state index contributed by atoms with van der Waals surface area (Å²) in [6.07, 6.45) is 3.78. The smallest absolute Gasteiger partial charge is 0.252 e. The zero-order valence-corrected chi connectivity index (χ0v) is 20.6. The van der Waals surface area contributed by atoms with Crippen molar-refractivity contribution in [3.63, 3.8) is 0 Å². The quantitative estimate of drug-likeness (QED) is 0.517. The third-order valence-electron chi connectivity index (χ3n) is 6.02. The highest BCUT2D eigenvalue weighted by atomic mass is 16.3. The zero-order valence-electron chi connectivity index (χ0n) is 20.6. The van der Waals surface area contributed by atoms with E-state index in [1.165, 1.54) is 6.92 Å². The summed E-state index contributed by atoms with van der Waals surface area (Å²) >= 11 is 0. The number of hydrogen-bond donors (Lipinski definition) is 4. The number of aliphatic hydroxyl groups excluding tert-OH is 1. The normalized spacial score (nSPS) is 21.9. The van der Waals surface area contributed by atoms with E-state index in [2.05, 4.69) is 20.9 Å². The van der Waals surface area contributed by atoms with Crippen LogP contribution in [0.1, 0.15) is 47.3 Å². The maximum absolute atomic E-state index is 13.0. The lowest BCUT2D eigenvalue weighted by Gasteiger charge is -2.28. The molecule has 0 unspecified atom stereocenters. The maximum atomic E-state index is 13.0. The number of aliphatic hydroxyl groups is 1. The Balaban J connectivity index is 1.83. The second-order valence-corrected chi connectivity index (χ2v) is 9.23. The molecule has 2 bridgehead atoms. The molecule has 3 amide bonds. The average Bonchev–Trinajstić information content (AvgIpc) is 2.80. The predicted octanol–water partition coefficient (Wildman–Crippen LogP) is 0.939. The maximum Gasteiger partial charge on any atom is 0.252 e. The lowest BCUT2D eigenvalue weighted by Crippen LogP contribution is -2.55. The number of nitrogens with zero attached hydrogens (tertiary/aromatic N) is 2. The number of aromatic nitrogens is 1. The summed E-state index contributed by atoms with van der Waals surface area (Å²) in [4.78, 5) is 44.7. The van der Waals surface area contributed by atoms with Crippen molar-refractivity contribution in [1.82, 2.24) is 25.8 Å². The summed E-state index contributed by atoms with van der Waals surface area (Å²) in [7, 11) is 0. The first-order valence-electron chi connectivity index (χ1n) is 12.0. The van der Waals surface area contributed by atoms with Gasteiger partial charge in [-0.2, -0.15) is 0 Å². The SMILES string of the molecule is Cc1ccc2cc1CCCNC(=O)CN(Cc1cccnc1)C[C@@H](C)NC(=O)[C@H]([C@@H](C)O)NC2=O. The van der Waals surface area contributed by atoms with Gasteiger partial charge in [0.05, 0.1) is 12.6 Å². The van der Waals surface area contributed by atoms with Crippen molar-refractivity contribution in [3.05, 3.63) is 65.0 Å². The molecule has 1 aromatic carbocycles. The van der Waals surface area contributed by atoms with E-state index < -0.39 is 24.0 Å². The van der Waals surface area contributed by atoms with Crippen LogP contribution >= 0.6 is 0 Å². The molecule has 1 aromatic heterocycles. The Morgan fingerprint density at radius 3 is 2.71 bits per heavy atom. The minimum absolute atomic E-state index is 0.0964. The van der Waals surface area contributed by atoms with E-state index in [1.54, 1.807) is 24.5 Å². The van der Waals surface area contributed by atoms with Gasteiger partial charge in [-0.15, -0.1) is 0 Å². The molecule has 1 aliphatic heterocycles. The third-order valence-corrected chi connectivity index (χ3v) is 6.02. The van der Waals surface area contributed by atoms with Crippen molar-refractivity contribution < 1.29 is 19.5 Å². The zero-order chi connectivity index (χ0) is 25.4. The molecule has 3 rings (SSSR count). The van der Waals surface area contributed by atoms with Gasteiger partial charge in [-0.3, -0.25) is 24.3 Å². The Labute approximate surface area is 206 Å². The molecule has 0 fully saturated rings. The van der Waals surface area contributed by atoms with Crippen LogP contribution in [-0.4, -0.2) is 70.5 Å². The lowest BCUT2D eigenvalue weighted by atomic mass is 10.00. The third kappa shape index (κ3) is 7.87. The molecular formula is C26H35N5O4. The van der Waals surface area contributed by atoms with Crippen molar-refractivity contribution in [3.8, 4) is 0 Å². The lowest BCUT2D eigenvalue weighted by molar-refractivity contribution is -0.126. The molecule has 0 saturated heterocycles. The van der Waals surface area contributed by atoms with Crippen LogP contribution in [0.25, 0.3) is 0 Å². The van der Waals surface area contributed by atoms with E-state index in [0.717, 1.165) is 23.1 Å². The molecule has 0 saturated carbocycles. The summed E-state index contributed by atoms with van der Waals surface area (Å²) in [6.45, 7) is 6.84. The molecule has 0 radical (unpaired) electrons. The van der Waals surface area contributed by atoms with Crippen LogP contribution in [0.4, 0.5) is 0 Å². The van der Waals surface area contributed by atoms with Crippen LogP contribution in [0, 0.1) is 6.92 Å². The molecule has 9 heteroatoms. The Hall–Kier alpha value is -3.30. The molecule has 9 nitrogen and oxygen atoms in total. The van der Waals surface area contributed by atoms with Crippen molar-refractivity contribution in [2.45, 2.75) is 58.3 Å². The Kier molecular flexibility index (Phi) is 9.33. The summed E-state index contributed by atoms with van der Waals surface area (Å²) in [5.41, 5.74) is 3.43. The monoisotopic (exact) mass is 481 g/mol. The highest BCUT2D eigenvalue weighted by Gasteiger charge is 2.28. The number of nitrogens with one attached hydrogen (secondary N) is 3. The van der Waals surface area contributed by atoms with E-state index in [0.29, 0.717) is 31.6 Å². The molecule has 1 aliphatic rings. The number of carbonyl (C=O) groups is 3. The van der Waals surface area contributed by atoms with Gasteiger partial charge in [0.2, 0.25) is 11.8 Å². The van der Waals surface area contributed by atoms with Crippen LogP contribution in [0.15, 0.2) is 42.7 Å². The average molecular weight is 482 g/mol. The number of benzene rings is 1. The minimum Gasteiger partial charge on any atom is -0.391 e. The first kappa shape index (κ1) is 26.3. The highest BCUT2D eigenvalue weighted by molar-refractivity contribution is 5.98. The van der Waals surface area contributed by atoms with E-state index >= 15 is 0 Å². The minimum atomic E-state index is -1.11. The fourth-order valence-electron chi connectivity index (χ4n) is 4.18. The largest absolute Gasteiger partial charge is 0.391 e. The van der Waals surface area contributed by atoms with E-state index in [1.807, 2.05) is 36.9 Å². The van der Waals surface area contributed by atoms with E-state index in [-0.39, 0.29) is 18.5 Å². The molecule has 188 valence electrons. The van der Waals surface area contributed by atoms with Crippen LogP contribution in [0.3, 0.4) is 0 Å². The van der Waals surface area contributed by atoms with Gasteiger partial charge in [0.15, 0.2) is 0 Å². The molecule has 2 aromatic rings. The number of hydrogen-bond acceptors (Lipinski definition) is 6. The first-order chi connectivity index (χ1) is 16.7. The number of fused-ring (bicyclic) bond motifs is 2. The van der Waals surface area contributed by atoms with Crippen LogP contribution in [0.5, 0.6) is 0 Å². The Bertz CT molecular complexity index is 1030. The predicted molar refractivity (Wildman–Crippen MR) is 133 cm³/mol. The van der Waals surface area contributed by atoms with Gasteiger partial charge in [-0.25, -0.2) is 0 Å². The standard InChI is InChI=1S/C26H35N5O4/c1-17-8-9-22-12-21(17)7-5-11-28-23(33)16-31(15-20-6-4-10-27-13-20)14-18(2)29-26(35)24(19(3)32)30-25(22)34/h4,6,8-10,12-13,18-19,24,32H,5,7,11,14-16H2,1-3H3,(H,28,33)(H,29,35)(H,30,34)/t18-,19-,24+/m1/s1. The highest BCUT2D eigenvalue weighted by Crippen LogP contribution is 2.14. The van der Waals surface area contributed by atoms with Gasteiger partial charge in [-0.1, -0.05) is 12.1 Å². The number of pyridine rings is 1. The first-order valence-corrected chi connectivity index (χ1v) is 12.0. The van der Waals surface area contributed by atoms with Gasteiger partial charge in [0.25, 0.3) is 5.91 Å². The van der Waals surface area contributed by atoms with Crippen molar-refractivity contribution in [2.24, 2.45) is 0 Å². The van der Waals surface area contributed by atoms with Gasteiger partial charge in [0, 0.05) is 43.6 Å². The number of amides is 3. The Morgan fingerprint density at radius 1 is 1.20 bits per heavy atom. The molecular weight excluding hydrogens is 446 g/mol. The fourth-order valence-corrected chi connectivity index (χ4v) is 4.18. The molecule has 4 N–H and O–H groups in total. The van der Waals surface area contributed by atoms with E-state index in [9.17, 15) is 19.5 Å². The van der Waals surface area contributed by atoms with Crippen LogP contribution < -0.4 is 16.0 Å². The summed E-state index contributed by atoms with van der Waals surface area (Å²) in [5, 5.41) is 18.8. The number of rotatable bonds is 3. The topological polar surface area (TPSA) is 124 Å². The van der Waals surface area contributed by atoms with E-state index in [4.69, 9.17) is 0 Å². The fraction of sp³-hybridized carbons (Fsp3) is 0.462. The van der Waals surface area contributed by atoms with Crippen molar-refractivity contribution in [2.75, 3.05) is 19.6 Å². The summed E-state index contributed by atoms with van der Waals surface area (Å²) < 4.78 is 0. The summed E-state index contributed by atoms with van der Waals surface area (Å²) in [5.74, 6) is -1.00. The van der Waals surface area contributed by atoms with Gasteiger partial charge < -0.3 is 21.1 Å². The molecule has 2 heterocycles. The Morgan fingerprint density at radius 2 is 2.00 bits per heavy atom. The van der Waals surface area contributed by atoms with Crippen LogP contribution in [0.2, 0.25) is 0 Å². The van der Waals surface area contributed by atoms with Gasteiger partial charge >= 0.3 is 0 Å². The molecule has 3 atom stereocenters. The van der Waals surface area contributed by atoms with Crippen molar-refractivity contribution >= 4 is 17.7 Å². The van der Waals surface area contributed by atoms with Gasteiger partial charge in [0.1, 0.15) is 6.04 Å². The second-order valence-electron chi connectivity index (χ2n) is 9.23. The molecule has 35 heavy (non-hydrogen) atoms. The number of carbonyl (C=O) groups excluding carboxylic acids is 3. The van der Waals surface area contributed by atoms with Crippen molar-refractivity contribution in [1.29, 1.82) is 0 Å². The second kappa shape index (κ2) is 12.4. The summed E-state index contributed by atoms with van der Waals surface area (Å²) in [6, 6.07) is 7.71. The van der Waals surface area contributed by atoms with Crippen LogP contribution in [-0.2, 0) is 22.6 Å². The molecule has 0 aliphatic carbocycles. The number of aryl methyl sites for hydroxylation is 2. The molecule has 0 spiro atoms.